The zero-order valence-corrected chi connectivity index (χ0v) is 14.3. The number of nitrogens with zero attached hydrogens (tertiary/aromatic N) is 5. The van der Waals surface area contributed by atoms with Crippen molar-refractivity contribution in [1.82, 2.24) is 25.0 Å². The van der Waals surface area contributed by atoms with E-state index in [0.717, 1.165) is 16.9 Å². The first-order chi connectivity index (χ1) is 11.6. The largest absolute Gasteiger partial charge is 0.461 e. The maximum atomic E-state index is 12.2. The molecule has 3 heterocycles. The highest BCUT2D eigenvalue weighted by Crippen LogP contribution is 2.24. The number of amides is 1. The summed E-state index contributed by atoms with van der Waals surface area (Å²) in [6.45, 7) is 1.94. The van der Waals surface area contributed by atoms with E-state index in [1.165, 1.54) is 11.3 Å². The van der Waals surface area contributed by atoms with Crippen molar-refractivity contribution < 1.29 is 14.3 Å². The molecule has 0 saturated heterocycles. The number of carbonyl (C=O) groups excluding carboxylic acids is 2. The monoisotopic (exact) mass is 364 g/mol. The van der Waals surface area contributed by atoms with E-state index in [9.17, 15) is 9.59 Å². The molecule has 1 N–H and O–H groups in total. The number of aryl methyl sites for hydroxylation is 1. The first kappa shape index (κ1) is 16.2. The Labute approximate surface area is 144 Å². The molecule has 0 aromatic carbocycles. The summed E-state index contributed by atoms with van der Waals surface area (Å²) < 4.78 is 6.48. The molecular weight excluding hydrogens is 352 g/mol. The average molecular weight is 364 g/mol. The van der Waals surface area contributed by atoms with Gasteiger partial charge in [-0.15, -0.1) is 21.5 Å². The summed E-state index contributed by atoms with van der Waals surface area (Å²) in [4.78, 5) is 28.0. The SMILES string of the molecule is CCOC(=O)c1nnc(NC(=O)c2csc(-c3cnn(C)c3)n2)s1. The summed E-state index contributed by atoms with van der Waals surface area (Å²) in [6.07, 6.45) is 3.49. The van der Waals surface area contributed by atoms with Crippen molar-refractivity contribution >= 4 is 39.7 Å². The van der Waals surface area contributed by atoms with Gasteiger partial charge in [0.15, 0.2) is 0 Å². The Balaban J connectivity index is 1.69. The molecule has 0 atom stereocenters. The number of aromatic nitrogens is 5. The minimum Gasteiger partial charge on any atom is -0.461 e. The van der Waals surface area contributed by atoms with Gasteiger partial charge in [-0.1, -0.05) is 11.3 Å². The van der Waals surface area contributed by atoms with Gasteiger partial charge < -0.3 is 4.74 Å². The zero-order valence-electron chi connectivity index (χ0n) is 12.7. The van der Waals surface area contributed by atoms with Gasteiger partial charge in [-0.3, -0.25) is 14.8 Å². The van der Waals surface area contributed by atoms with Gasteiger partial charge >= 0.3 is 5.97 Å². The molecule has 9 nitrogen and oxygen atoms in total. The predicted molar refractivity (Wildman–Crippen MR) is 88.1 cm³/mol. The van der Waals surface area contributed by atoms with Crippen molar-refractivity contribution in [2.75, 3.05) is 11.9 Å². The van der Waals surface area contributed by atoms with Crippen LogP contribution in [0.5, 0.6) is 0 Å². The molecule has 0 bridgehead atoms. The molecule has 3 aromatic heterocycles. The number of esters is 1. The van der Waals surface area contributed by atoms with Crippen molar-refractivity contribution in [2.24, 2.45) is 7.05 Å². The number of ether oxygens (including phenoxy) is 1. The van der Waals surface area contributed by atoms with Crippen LogP contribution in [0.4, 0.5) is 5.13 Å². The Bertz CT molecular complexity index is 884. The van der Waals surface area contributed by atoms with Crippen molar-refractivity contribution in [3.63, 3.8) is 0 Å². The molecule has 11 heteroatoms. The number of nitrogens with one attached hydrogen (secondary N) is 1. The second-order valence-electron chi connectivity index (χ2n) is 4.53. The summed E-state index contributed by atoms with van der Waals surface area (Å²) in [5, 5.41) is 16.7. The van der Waals surface area contributed by atoms with Crippen LogP contribution in [0.25, 0.3) is 10.6 Å². The fraction of sp³-hybridized carbons (Fsp3) is 0.231. The van der Waals surface area contributed by atoms with Gasteiger partial charge in [0, 0.05) is 24.2 Å². The Kier molecular flexibility index (Phi) is 4.62. The van der Waals surface area contributed by atoms with Gasteiger partial charge in [-0.05, 0) is 6.92 Å². The molecule has 1 amide bonds. The number of hydrogen-bond donors (Lipinski definition) is 1. The fourth-order valence-electron chi connectivity index (χ4n) is 1.75. The van der Waals surface area contributed by atoms with Gasteiger partial charge in [-0.25, -0.2) is 9.78 Å². The summed E-state index contributed by atoms with van der Waals surface area (Å²) in [5.74, 6) is -0.990. The number of rotatable bonds is 5. The second-order valence-corrected chi connectivity index (χ2v) is 6.36. The van der Waals surface area contributed by atoms with Crippen molar-refractivity contribution in [1.29, 1.82) is 0 Å². The smallest absolute Gasteiger partial charge is 0.369 e. The number of anilines is 1. The molecule has 0 saturated carbocycles. The van der Waals surface area contributed by atoms with E-state index in [-0.39, 0.29) is 22.4 Å². The Morgan fingerprint density at radius 1 is 1.38 bits per heavy atom. The molecule has 3 aromatic rings. The highest BCUT2D eigenvalue weighted by Gasteiger charge is 2.17. The first-order valence-corrected chi connectivity index (χ1v) is 8.53. The van der Waals surface area contributed by atoms with Crippen LogP contribution in [0.1, 0.15) is 27.2 Å². The van der Waals surface area contributed by atoms with Crippen LogP contribution in [-0.4, -0.2) is 43.4 Å². The summed E-state index contributed by atoms with van der Waals surface area (Å²) in [6, 6.07) is 0. The van der Waals surface area contributed by atoms with Crippen LogP contribution >= 0.6 is 22.7 Å². The van der Waals surface area contributed by atoms with Crippen molar-refractivity contribution in [3.8, 4) is 10.6 Å². The molecule has 0 aliphatic carbocycles. The molecule has 24 heavy (non-hydrogen) atoms. The van der Waals surface area contributed by atoms with E-state index in [4.69, 9.17) is 4.74 Å². The van der Waals surface area contributed by atoms with E-state index in [2.05, 4.69) is 25.6 Å². The topological polar surface area (TPSA) is 112 Å². The highest BCUT2D eigenvalue weighted by molar-refractivity contribution is 7.17. The lowest BCUT2D eigenvalue weighted by Gasteiger charge is -1.96. The molecule has 0 aliphatic rings. The lowest BCUT2D eigenvalue weighted by atomic mass is 10.4. The van der Waals surface area contributed by atoms with E-state index in [1.807, 2.05) is 6.20 Å². The maximum absolute atomic E-state index is 12.2. The molecule has 0 aliphatic heterocycles. The van der Waals surface area contributed by atoms with Crippen molar-refractivity contribution in [2.45, 2.75) is 6.92 Å². The third-order valence-electron chi connectivity index (χ3n) is 2.78. The average Bonchev–Trinajstić information content (AvgIpc) is 3.26. The van der Waals surface area contributed by atoms with E-state index >= 15 is 0 Å². The van der Waals surface area contributed by atoms with Crippen molar-refractivity contribution in [3.05, 3.63) is 28.5 Å². The number of hydrogen-bond acceptors (Lipinski definition) is 9. The second kappa shape index (κ2) is 6.84. The zero-order chi connectivity index (χ0) is 17.1. The van der Waals surface area contributed by atoms with Crippen LogP contribution in [0.3, 0.4) is 0 Å². The van der Waals surface area contributed by atoms with Crippen LogP contribution in [0, 0.1) is 0 Å². The Hall–Kier alpha value is -2.66. The molecule has 0 fully saturated rings. The molecular formula is C13H12N6O3S2. The number of carbonyl (C=O) groups is 2. The standard InChI is InChI=1S/C13H12N6O3S2/c1-3-22-12(21)11-17-18-13(24-11)16-9(20)8-6-23-10(15-8)7-4-14-19(2)5-7/h4-6H,3H2,1-2H3,(H,16,18,20). The molecule has 3 rings (SSSR count). The summed E-state index contributed by atoms with van der Waals surface area (Å²) in [5.41, 5.74) is 1.09. The third-order valence-corrected chi connectivity index (χ3v) is 4.49. The van der Waals surface area contributed by atoms with E-state index in [0.29, 0.717) is 5.01 Å². The highest BCUT2D eigenvalue weighted by atomic mass is 32.1. The molecule has 0 radical (unpaired) electrons. The number of thiazole rings is 1. The Morgan fingerprint density at radius 3 is 2.92 bits per heavy atom. The molecule has 124 valence electrons. The fourth-order valence-corrected chi connectivity index (χ4v) is 3.16. The van der Waals surface area contributed by atoms with Crippen LogP contribution < -0.4 is 5.32 Å². The predicted octanol–water partition coefficient (Wildman–Crippen LogP) is 1.82. The van der Waals surface area contributed by atoms with Gasteiger partial charge in [0.1, 0.15) is 10.7 Å². The molecule has 0 spiro atoms. The van der Waals surface area contributed by atoms with Gasteiger partial charge in [0.2, 0.25) is 10.1 Å². The van der Waals surface area contributed by atoms with Gasteiger partial charge in [0.25, 0.3) is 5.91 Å². The summed E-state index contributed by atoms with van der Waals surface area (Å²) >= 11 is 2.28. The van der Waals surface area contributed by atoms with Crippen LogP contribution in [0.15, 0.2) is 17.8 Å². The van der Waals surface area contributed by atoms with Gasteiger partial charge in [-0.2, -0.15) is 5.10 Å². The molecule has 0 unspecified atom stereocenters. The maximum Gasteiger partial charge on any atom is 0.369 e. The summed E-state index contributed by atoms with van der Waals surface area (Å²) in [7, 11) is 1.81. The third kappa shape index (κ3) is 3.46. The lowest BCUT2D eigenvalue weighted by Crippen LogP contribution is -2.12. The van der Waals surface area contributed by atoms with Gasteiger partial charge in [0.05, 0.1) is 12.8 Å². The van der Waals surface area contributed by atoms with Crippen LogP contribution in [-0.2, 0) is 11.8 Å². The lowest BCUT2D eigenvalue weighted by molar-refractivity contribution is 0.0525. The quantitative estimate of drug-likeness (QED) is 0.687. The van der Waals surface area contributed by atoms with E-state index < -0.39 is 11.9 Å². The first-order valence-electron chi connectivity index (χ1n) is 6.83. The normalized spacial score (nSPS) is 10.6. The van der Waals surface area contributed by atoms with E-state index in [1.54, 1.807) is 30.2 Å². The minimum absolute atomic E-state index is 0.0847. The minimum atomic E-state index is -0.567. The Morgan fingerprint density at radius 2 is 2.21 bits per heavy atom. The van der Waals surface area contributed by atoms with Crippen LogP contribution in [0.2, 0.25) is 0 Å².